The van der Waals surface area contributed by atoms with E-state index in [2.05, 4.69) is 15.5 Å². The monoisotopic (exact) mass is 246 g/mol. The molecule has 90 valence electrons. The summed E-state index contributed by atoms with van der Waals surface area (Å²) in [7, 11) is -3.72. The van der Waals surface area contributed by atoms with Gasteiger partial charge in [0, 0.05) is 6.04 Å². The van der Waals surface area contributed by atoms with Crippen molar-refractivity contribution in [2.24, 2.45) is 0 Å². The first-order chi connectivity index (χ1) is 7.33. The normalized spacial score (nSPS) is 11.7. The summed E-state index contributed by atoms with van der Waals surface area (Å²) in [5.41, 5.74) is 5.37. The molecule has 0 saturated heterocycles. The van der Waals surface area contributed by atoms with E-state index < -0.39 is 21.5 Å². The number of aromatic amines is 1. The van der Waals surface area contributed by atoms with Gasteiger partial charge in [0.2, 0.25) is 5.91 Å². The standard InChI is InChI=1S/C8H14N4O3S/c1-5(2)11-7(13)4-16(14,15)6-3-10-12-8(6)9/h3,5H,4H2,1-2H3,(H,11,13)(H3,9,10,12). The zero-order valence-corrected chi connectivity index (χ0v) is 9.84. The van der Waals surface area contributed by atoms with E-state index in [4.69, 9.17) is 5.73 Å². The third kappa shape index (κ3) is 2.96. The molecule has 0 saturated carbocycles. The summed E-state index contributed by atoms with van der Waals surface area (Å²) in [4.78, 5) is 11.2. The molecule has 0 fully saturated rings. The van der Waals surface area contributed by atoms with Crippen LogP contribution in [0.25, 0.3) is 0 Å². The molecule has 0 unspecified atom stereocenters. The molecular weight excluding hydrogens is 232 g/mol. The van der Waals surface area contributed by atoms with Crippen LogP contribution in [0.15, 0.2) is 11.1 Å². The molecule has 0 aliphatic heterocycles. The lowest BCUT2D eigenvalue weighted by Gasteiger charge is -2.08. The van der Waals surface area contributed by atoms with Gasteiger partial charge in [-0.1, -0.05) is 0 Å². The molecule has 1 rings (SSSR count). The zero-order valence-electron chi connectivity index (χ0n) is 9.02. The first-order valence-corrected chi connectivity index (χ1v) is 6.29. The van der Waals surface area contributed by atoms with Crippen molar-refractivity contribution in [1.82, 2.24) is 15.5 Å². The van der Waals surface area contributed by atoms with Crippen molar-refractivity contribution in [3.8, 4) is 0 Å². The van der Waals surface area contributed by atoms with Crippen LogP contribution in [0.5, 0.6) is 0 Å². The summed E-state index contributed by atoms with van der Waals surface area (Å²) in [5, 5.41) is 8.29. The maximum atomic E-state index is 11.7. The second-order valence-electron chi connectivity index (χ2n) is 3.63. The van der Waals surface area contributed by atoms with E-state index in [1.54, 1.807) is 13.8 Å². The van der Waals surface area contributed by atoms with Crippen LogP contribution in [0.4, 0.5) is 5.82 Å². The Morgan fingerprint density at radius 1 is 1.62 bits per heavy atom. The molecule has 16 heavy (non-hydrogen) atoms. The fraction of sp³-hybridized carbons (Fsp3) is 0.500. The van der Waals surface area contributed by atoms with E-state index in [0.717, 1.165) is 6.20 Å². The number of aromatic nitrogens is 2. The quantitative estimate of drug-likeness (QED) is 0.648. The van der Waals surface area contributed by atoms with E-state index in [0.29, 0.717) is 0 Å². The van der Waals surface area contributed by atoms with Crippen LogP contribution in [0.1, 0.15) is 13.8 Å². The number of H-pyrrole nitrogens is 1. The van der Waals surface area contributed by atoms with Gasteiger partial charge in [-0.25, -0.2) is 8.42 Å². The molecule has 1 amide bonds. The summed E-state index contributed by atoms with van der Waals surface area (Å²) in [6.07, 6.45) is 1.09. The molecule has 7 nitrogen and oxygen atoms in total. The molecule has 8 heteroatoms. The van der Waals surface area contributed by atoms with Crippen LogP contribution in [-0.4, -0.2) is 36.3 Å². The number of carbonyl (C=O) groups excluding carboxylic acids is 1. The molecule has 1 aromatic rings. The van der Waals surface area contributed by atoms with E-state index in [-0.39, 0.29) is 16.8 Å². The lowest BCUT2D eigenvalue weighted by molar-refractivity contribution is -0.119. The summed E-state index contributed by atoms with van der Waals surface area (Å²) < 4.78 is 23.4. The average molecular weight is 246 g/mol. The van der Waals surface area contributed by atoms with Gasteiger partial charge in [-0.2, -0.15) is 5.10 Å². The number of amides is 1. The topological polar surface area (TPSA) is 118 Å². The zero-order chi connectivity index (χ0) is 12.3. The first kappa shape index (κ1) is 12.5. The summed E-state index contributed by atoms with van der Waals surface area (Å²) >= 11 is 0. The Hall–Kier alpha value is -1.57. The van der Waals surface area contributed by atoms with Crippen molar-refractivity contribution >= 4 is 21.6 Å². The van der Waals surface area contributed by atoms with Crippen LogP contribution in [0.3, 0.4) is 0 Å². The van der Waals surface area contributed by atoms with Crippen LogP contribution in [0, 0.1) is 0 Å². The molecular formula is C8H14N4O3S. The van der Waals surface area contributed by atoms with Gasteiger partial charge in [-0.05, 0) is 13.8 Å². The average Bonchev–Trinajstić information content (AvgIpc) is 2.48. The predicted octanol–water partition coefficient (Wildman–Crippen LogP) is -0.710. The number of nitrogens with two attached hydrogens (primary N) is 1. The SMILES string of the molecule is CC(C)NC(=O)CS(=O)(=O)c1cn[nH]c1N. The van der Waals surface area contributed by atoms with Gasteiger partial charge >= 0.3 is 0 Å². The molecule has 0 aromatic carbocycles. The maximum Gasteiger partial charge on any atom is 0.235 e. The Morgan fingerprint density at radius 2 is 2.25 bits per heavy atom. The molecule has 0 radical (unpaired) electrons. The van der Waals surface area contributed by atoms with Gasteiger partial charge in [0.05, 0.1) is 6.20 Å². The highest BCUT2D eigenvalue weighted by Crippen LogP contribution is 2.15. The minimum atomic E-state index is -3.72. The third-order valence-corrected chi connectivity index (χ3v) is 3.38. The molecule has 0 spiro atoms. The molecule has 1 aromatic heterocycles. The number of hydrogen-bond acceptors (Lipinski definition) is 5. The van der Waals surface area contributed by atoms with Gasteiger partial charge in [0.25, 0.3) is 0 Å². The molecule has 0 aliphatic carbocycles. The third-order valence-electron chi connectivity index (χ3n) is 1.74. The second kappa shape index (κ2) is 4.52. The smallest absolute Gasteiger partial charge is 0.235 e. The highest BCUT2D eigenvalue weighted by atomic mass is 32.2. The summed E-state index contributed by atoms with van der Waals surface area (Å²) in [6, 6.07) is -0.107. The number of nitrogens with zero attached hydrogens (tertiary/aromatic N) is 1. The number of rotatable bonds is 4. The van der Waals surface area contributed by atoms with Crippen molar-refractivity contribution in [1.29, 1.82) is 0 Å². The Balaban J connectivity index is 2.81. The van der Waals surface area contributed by atoms with Crippen LogP contribution in [-0.2, 0) is 14.6 Å². The molecule has 0 atom stereocenters. The minimum Gasteiger partial charge on any atom is -0.383 e. The fourth-order valence-corrected chi connectivity index (χ4v) is 2.32. The van der Waals surface area contributed by atoms with Crippen molar-refractivity contribution in [2.45, 2.75) is 24.8 Å². The van der Waals surface area contributed by atoms with Crippen molar-refractivity contribution in [3.63, 3.8) is 0 Å². The van der Waals surface area contributed by atoms with E-state index in [1.165, 1.54) is 0 Å². The Kier molecular flexibility index (Phi) is 3.53. The summed E-state index contributed by atoms with van der Waals surface area (Å²) in [5.74, 6) is -1.25. The van der Waals surface area contributed by atoms with E-state index >= 15 is 0 Å². The largest absolute Gasteiger partial charge is 0.383 e. The van der Waals surface area contributed by atoms with Crippen LogP contribution < -0.4 is 11.1 Å². The van der Waals surface area contributed by atoms with Gasteiger partial charge < -0.3 is 11.1 Å². The lowest BCUT2D eigenvalue weighted by Crippen LogP contribution is -2.35. The van der Waals surface area contributed by atoms with E-state index in [1.807, 2.05) is 0 Å². The molecule has 1 heterocycles. The summed E-state index contributed by atoms with van der Waals surface area (Å²) in [6.45, 7) is 3.49. The lowest BCUT2D eigenvalue weighted by atomic mass is 10.4. The molecule has 4 N–H and O–H groups in total. The highest BCUT2D eigenvalue weighted by molar-refractivity contribution is 7.92. The van der Waals surface area contributed by atoms with Gasteiger partial charge in [-0.15, -0.1) is 0 Å². The van der Waals surface area contributed by atoms with E-state index in [9.17, 15) is 13.2 Å². The Labute approximate surface area is 93.3 Å². The van der Waals surface area contributed by atoms with Gasteiger partial charge in [0.1, 0.15) is 16.5 Å². The van der Waals surface area contributed by atoms with Crippen molar-refractivity contribution < 1.29 is 13.2 Å². The fourth-order valence-electron chi connectivity index (χ4n) is 1.15. The predicted molar refractivity (Wildman–Crippen MR) is 58.3 cm³/mol. The second-order valence-corrected chi connectivity index (χ2v) is 5.59. The van der Waals surface area contributed by atoms with Gasteiger partial charge in [0.15, 0.2) is 9.84 Å². The Morgan fingerprint density at radius 3 is 2.69 bits per heavy atom. The first-order valence-electron chi connectivity index (χ1n) is 4.64. The number of hydrogen-bond donors (Lipinski definition) is 3. The minimum absolute atomic E-state index is 0.0580. The Bertz CT molecular complexity index is 477. The van der Waals surface area contributed by atoms with Crippen molar-refractivity contribution in [2.75, 3.05) is 11.5 Å². The van der Waals surface area contributed by atoms with Gasteiger partial charge in [-0.3, -0.25) is 9.89 Å². The molecule has 0 bridgehead atoms. The number of sulfone groups is 1. The number of anilines is 1. The number of nitrogen functional groups attached to an aromatic ring is 1. The van der Waals surface area contributed by atoms with Crippen LogP contribution in [0.2, 0.25) is 0 Å². The highest BCUT2D eigenvalue weighted by Gasteiger charge is 2.23. The molecule has 0 aliphatic rings. The van der Waals surface area contributed by atoms with Crippen LogP contribution >= 0.6 is 0 Å². The number of carbonyl (C=O) groups is 1. The maximum absolute atomic E-state index is 11.7. The van der Waals surface area contributed by atoms with Crippen molar-refractivity contribution in [3.05, 3.63) is 6.20 Å². The number of nitrogens with one attached hydrogen (secondary N) is 2.